The van der Waals surface area contributed by atoms with Gasteiger partial charge in [0.15, 0.2) is 0 Å². The standard InChI is InChI=1S/C13H8ClNOS/c14-10-1-6-13(9(7-10)8-15)17-12-4-2-11(16)3-5-12/h1-7,16H. The molecule has 0 aliphatic rings. The Hall–Kier alpha value is -1.63. The summed E-state index contributed by atoms with van der Waals surface area (Å²) in [5.74, 6) is 0.228. The van der Waals surface area contributed by atoms with Gasteiger partial charge in [-0.05, 0) is 42.5 Å². The third-order valence-corrected chi connectivity index (χ3v) is 3.45. The fourth-order valence-electron chi connectivity index (χ4n) is 1.32. The predicted octanol–water partition coefficient (Wildman–Crippen LogP) is 4.07. The molecule has 4 heteroatoms. The maximum absolute atomic E-state index is 9.18. The molecule has 0 aromatic heterocycles. The lowest BCUT2D eigenvalue weighted by molar-refractivity contribution is 0.475. The average molecular weight is 262 g/mol. The highest BCUT2D eigenvalue weighted by Crippen LogP contribution is 2.32. The molecule has 0 aliphatic carbocycles. The Bertz CT molecular complexity index is 575. The molecule has 84 valence electrons. The van der Waals surface area contributed by atoms with E-state index in [1.54, 1.807) is 36.4 Å². The molecule has 0 unspecified atom stereocenters. The van der Waals surface area contributed by atoms with Crippen molar-refractivity contribution in [3.05, 3.63) is 53.1 Å². The quantitative estimate of drug-likeness (QED) is 0.886. The lowest BCUT2D eigenvalue weighted by Crippen LogP contribution is -1.81. The zero-order chi connectivity index (χ0) is 12.3. The summed E-state index contributed by atoms with van der Waals surface area (Å²) in [5, 5.41) is 18.7. The number of phenolic OH excluding ortho intramolecular Hbond substituents is 1. The second kappa shape index (κ2) is 5.13. The van der Waals surface area contributed by atoms with E-state index in [4.69, 9.17) is 16.9 Å². The van der Waals surface area contributed by atoms with Gasteiger partial charge < -0.3 is 5.11 Å². The van der Waals surface area contributed by atoms with Crippen LogP contribution < -0.4 is 0 Å². The summed E-state index contributed by atoms with van der Waals surface area (Å²) in [5.41, 5.74) is 0.551. The summed E-state index contributed by atoms with van der Waals surface area (Å²) < 4.78 is 0. The largest absolute Gasteiger partial charge is 0.508 e. The molecule has 0 heterocycles. The molecule has 0 saturated heterocycles. The van der Waals surface area contributed by atoms with Crippen LogP contribution in [0.1, 0.15) is 5.56 Å². The van der Waals surface area contributed by atoms with E-state index in [0.717, 1.165) is 9.79 Å². The van der Waals surface area contributed by atoms with Crippen molar-refractivity contribution in [2.45, 2.75) is 9.79 Å². The smallest absolute Gasteiger partial charge is 0.115 e. The molecule has 2 nitrogen and oxygen atoms in total. The maximum atomic E-state index is 9.18. The molecule has 17 heavy (non-hydrogen) atoms. The molecule has 0 atom stereocenters. The highest BCUT2D eigenvalue weighted by atomic mass is 35.5. The highest BCUT2D eigenvalue weighted by Gasteiger charge is 2.05. The highest BCUT2D eigenvalue weighted by molar-refractivity contribution is 7.99. The number of aromatic hydroxyl groups is 1. The van der Waals surface area contributed by atoms with Gasteiger partial charge in [0.1, 0.15) is 11.8 Å². The van der Waals surface area contributed by atoms with Crippen molar-refractivity contribution in [1.29, 1.82) is 5.26 Å². The van der Waals surface area contributed by atoms with Crippen LogP contribution >= 0.6 is 23.4 Å². The Morgan fingerprint density at radius 1 is 1.12 bits per heavy atom. The molecule has 0 saturated carbocycles. The number of nitriles is 1. The first-order valence-corrected chi connectivity index (χ1v) is 6.05. The van der Waals surface area contributed by atoms with Gasteiger partial charge in [0.05, 0.1) is 5.56 Å². The van der Waals surface area contributed by atoms with Crippen LogP contribution in [0.5, 0.6) is 5.75 Å². The lowest BCUT2D eigenvalue weighted by Gasteiger charge is -2.04. The normalized spacial score (nSPS) is 9.88. The molecule has 2 rings (SSSR count). The van der Waals surface area contributed by atoms with Crippen LogP contribution in [-0.4, -0.2) is 5.11 Å². The van der Waals surface area contributed by atoms with Crippen LogP contribution in [0.3, 0.4) is 0 Å². The number of phenols is 1. The zero-order valence-electron chi connectivity index (χ0n) is 8.72. The molecule has 0 bridgehead atoms. The van der Waals surface area contributed by atoms with Crippen LogP contribution in [0.25, 0.3) is 0 Å². The molecular weight excluding hydrogens is 254 g/mol. The van der Waals surface area contributed by atoms with Crippen LogP contribution in [0.2, 0.25) is 5.02 Å². The molecule has 1 N–H and O–H groups in total. The van der Waals surface area contributed by atoms with Crippen LogP contribution in [0.4, 0.5) is 0 Å². The Labute approximate surface area is 108 Å². The Morgan fingerprint density at radius 3 is 2.47 bits per heavy atom. The van der Waals surface area contributed by atoms with Crippen LogP contribution in [0, 0.1) is 11.3 Å². The van der Waals surface area contributed by atoms with E-state index < -0.39 is 0 Å². The maximum Gasteiger partial charge on any atom is 0.115 e. The van der Waals surface area contributed by atoms with E-state index in [2.05, 4.69) is 6.07 Å². The first-order valence-electron chi connectivity index (χ1n) is 4.85. The summed E-state index contributed by atoms with van der Waals surface area (Å²) in [4.78, 5) is 1.81. The summed E-state index contributed by atoms with van der Waals surface area (Å²) in [7, 11) is 0. The van der Waals surface area contributed by atoms with E-state index in [1.165, 1.54) is 11.8 Å². The fraction of sp³-hybridized carbons (Fsp3) is 0. The lowest BCUT2D eigenvalue weighted by atomic mass is 10.2. The van der Waals surface area contributed by atoms with Crippen molar-refractivity contribution in [3.8, 4) is 11.8 Å². The minimum atomic E-state index is 0.228. The van der Waals surface area contributed by atoms with Crippen LogP contribution in [0.15, 0.2) is 52.3 Å². The van der Waals surface area contributed by atoms with Crippen molar-refractivity contribution in [2.24, 2.45) is 0 Å². The molecule has 0 fully saturated rings. The Kier molecular flexibility index (Phi) is 3.58. The number of hydrogen-bond acceptors (Lipinski definition) is 3. The van der Waals surface area contributed by atoms with E-state index >= 15 is 0 Å². The van der Waals surface area contributed by atoms with Crippen molar-refractivity contribution in [3.63, 3.8) is 0 Å². The Morgan fingerprint density at radius 2 is 1.82 bits per heavy atom. The number of benzene rings is 2. The van der Waals surface area contributed by atoms with Crippen LogP contribution in [-0.2, 0) is 0 Å². The SMILES string of the molecule is N#Cc1cc(Cl)ccc1Sc1ccc(O)cc1. The molecule has 2 aromatic carbocycles. The van der Waals surface area contributed by atoms with E-state index in [9.17, 15) is 5.11 Å². The van der Waals surface area contributed by atoms with Gasteiger partial charge in [-0.2, -0.15) is 5.26 Å². The van der Waals surface area contributed by atoms with E-state index in [-0.39, 0.29) is 5.75 Å². The van der Waals surface area contributed by atoms with Crippen molar-refractivity contribution in [1.82, 2.24) is 0 Å². The van der Waals surface area contributed by atoms with Gasteiger partial charge in [-0.3, -0.25) is 0 Å². The minimum absolute atomic E-state index is 0.228. The third kappa shape index (κ3) is 2.94. The number of rotatable bonds is 2. The number of nitrogens with zero attached hydrogens (tertiary/aromatic N) is 1. The first-order chi connectivity index (χ1) is 8.19. The van der Waals surface area contributed by atoms with E-state index in [1.807, 2.05) is 6.07 Å². The van der Waals surface area contributed by atoms with Gasteiger partial charge in [-0.15, -0.1) is 0 Å². The number of halogens is 1. The molecule has 0 aliphatic heterocycles. The Balaban J connectivity index is 2.30. The van der Waals surface area contributed by atoms with Gasteiger partial charge in [0.25, 0.3) is 0 Å². The predicted molar refractivity (Wildman–Crippen MR) is 68.4 cm³/mol. The minimum Gasteiger partial charge on any atom is -0.508 e. The number of hydrogen-bond donors (Lipinski definition) is 1. The van der Waals surface area contributed by atoms with Gasteiger partial charge in [-0.1, -0.05) is 23.4 Å². The topological polar surface area (TPSA) is 44.0 Å². The van der Waals surface area contributed by atoms with Crippen molar-refractivity contribution >= 4 is 23.4 Å². The van der Waals surface area contributed by atoms with Gasteiger partial charge in [-0.25, -0.2) is 0 Å². The van der Waals surface area contributed by atoms with E-state index in [0.29, 0.717) is 10.6 Å². The first kappa shape index (κ1) is 11.8. The molecule has 0 amide bonds. The molecule has 0 radical (unpaired) electrons. The van der Waals surface area contributed by atoms with Gasteiger partial charge >= 0.3 is 0 Å². The van der Waals surface area contributed by atoms with Crippen molar-refractivity contribution in [2.75, 3.05) is 0 Å². The van der Waals surface area contributed by atoms with Gasteiger partial charge in [0, 0.05) is 14.8 Å². The van der Waals surface area contributed by atoms with Gasteiger partial charge in [0.2, 0.25) is 0 Å². The third-order valence-electron chi connectivity index (χ3n) is 2.13. The van der Waals surface area contributed by atoms with Crippen molar-refractivity contribution < 1.29 is 5.11 Å². The monoisotopic (exact) mass is 261 g/mol. The molecule has 2 aromatic rings. The second-order valence-electron chi connectivity index (χ2n) is 3.35. The second-order valence-corrected chi connectivity index (χ2v) is 4.90. The zero-order valence-corrected chi connectivity index (χ0v) is 10.3. The summed E-state index contributed by atoms with van der Waals surface area (Å²) in [6.07, 6.45) is 0. The summed E-state index contributed by atoms with van der Waals surface area (Å²) in [6, 6.07) is 14.2. The fourth-order valence-corrected chi connectivity index (χ4v) is 2.37. The molecular formula is C13H8ClNOS. The molecule has 0 spiro atoms. The summed E-state index contributed by atoms with van der Waals surface area (Å²) in [6.45, 7) is 0. The summed E-state index contributed by atoms with van der Waals surface area (Å²) >= 11 is 7.29. The average Bonchev–Trinajstić information content (AvgIpc) is 2.34.